The van der Waals surface area contributed by atoms with Crippen molar-refractivity contribution in [3.05, 3.63) is 52.4 Å². The lowest BCUT2D eigenvalue weighted by Crippen LogP contribution is -2.35. The van der Waals surface area contributed by atoms with E-state index in [4.69, 9.17) is 21.8 Å². The summed E-state index contributed by atoms with van der Waals surface area (Å²) in [6.45, 7) is 3.81. The highest BCUT2D eigenvalue weighted by molar-refractivity contribution is 6.33. The Bertz CT molecular complexity index is 972. The van der Waals surface area contributed by atoms with Crippen molar-refractivity contribution >= 4 is 28.5 Å². The van der Waals surface area contributed by atoms with E-state index in [0.29, 0.717) is 16.5 Å². The van der Waals surface area contributed by atoms with E-state index in [-0.39, 0.29) is 0 Å². The average molecular weight is 352 g/mol. The highest BCUT2D eigenvalue weighted by Crippen LogP contribution is 2.32. The zero-order chi connectivity index (χ0) is 17.4. The molecule has 2 aromatic heterocycles. The van der Waals surface area contributed by atoms with E-state index in [9.17, 15) is 0 Å². The molecule has 5 nitrogen and oxygen atoms in total. The molecule has 3 heterocycles. The quantitative estimate of drug-likeness (QED) is 0.752. The minimum atomic E-state index is 0.315. The summed E-state index contributed by atoms with van der Waals surface area (Å²) in [6, 6.07) is 10.0. The van der Waals surface area contributed by atoms with Gasteiger partial charge in [0.15, 0.2) is 0 Å². The van der Waals surface area contributed by atoms with Crippen molar-refractivity contribution in [2.75, 3.05) is 18.0 Å². The summed E-state index contributed by atoms with van der Waals surface area (Å²) in [4.78, 5) is 14.8. The van der Waals surface area contributed by atoms with Crippen LogP contribution in [0.5, 0.6) is 0 Å². The number of halogens is 1. The summed E-state index contributed by atoms with van der Waals surface area (Å²) in [7, 11) is 0. The van der Waals surface area contributed by atoms with Gasteiger partial charge in [0.05, 0.1) is 21.6 Å². The highest BCUT2D eigenvalue weighted by Gasteiger charge is 2.26. The van der Waals surface area contributed by atoms with Crippen molar-refractivity contribution in [1.82, 2.24) is 15.0 Å². The maximum Gasteiger partial charge on any atom is 0.147 e. The molecular formula is C19H18ClN5. The molecule has 25 heavy (non-hydrogen) atoms. The third kappa shape index (κ3) is 3.06. The Hall–Kier alpha value is -2.58. The first kappa shape index (κ1) is 15.9. The number of benzene rings is 1. The van der Waals surface area contributed by atoms with E-state index in [1.54, 1.807) is 12.3 Å². The summed E-state index contributed by atoms with van der Waals surface area (Å²) in [5, 5.41) is 9.50. The number of nitrogens with one attached hydrogen (secondary N) is 1. The molecule has 4 rings (SSSR count). The normalized spacial score (nSPS) is 17.6. The number of pyridine rings is 1. The molecule has 1 fully saturated rings. The molecule has 1 saturated heterocycles. The SMILES string of the molecule is Cc1ccc2nc(C3CCCN(c4ncc(C#N)cc4Cl)C3)[nH]c2c1. The number of rotatable bonds is 2. The maximum absolute atomic E-state index is 8.97. The average Bonchev–Trinajstić information content (AvgIpc) is 3.05. The number of H-pyrrole nitrogens is 1. The molecule has 1 aliphatic rings. The standard InChI is InChI=1S/C19H18ClN5/c1-12-4-5-16-17(7-12)24-18(23-16)14-3-2-6-25(11-14)19-15(20)8-13(9-21)10-22-19/h4-5,7-8,10,14H,2-3,6,11H2,1H3,(H,23,24). The minimum absolute atomic E-state index is 0.315. The van der Waals surface area contributed by atoms with Gasteiger partial charge in [0, 0.05) is 25.2 Å². The predicted octanol–water partition coefficient (Wildman–Crippen LogP) is 4.18. The third-order valence-corrected chi connectivity index (χ3v) is 4.99. The summed E-state index contributed by atoms with van der Waals surface area (Å²) in [5.41, 5.74) is 3.80. The minimum Gasteiger partial charge on any atom is -0.355 e. The van der Waals surface area contributed by atoms with Crippen molar-refractivity contribution in [3.63, 3.8) is 0 Å². The number of nitriles is 1. The predicted molar refractivity (Wildman–Crippen MR) is 99.0 cm³/mol. The largest absolute Gasteiger partial charge is 0.355 e. The number of nitrogens with zero attached hydrogens (tertiary/aromatic N) is 4. The van der Waals surface area contributed by atoms with Crippen molar-refractivity contribution in [2.45, 2.75) is 25.7 Å². The number of hydrogen-bond acceptors (Lipinski definition) is 4. The molecule has 126 valence electrons. The molecule has 1 aromatic carbocycles. The lowest BCUT2D eigenvalue weighted by Gasteiger charge is -2.33. The molecule has 1 aliphatic heterocycles. The van der Waals surface area contributed by atoms with E-state index in [1.807, 2.05) is 0 Å². The summed E-state index contributed by atoms with van der Waals surface area (Å²) in [6.07, 6.45) is 3.72. The van der Waals surface area contributed by atoms with Gasteiger partial charge in [-0.2, -0.15) is 5.26 Å². The van der Waals surface area contributed by atoms with Crippen LogP contribution in [0.3, 0.4) is 0 Å². The Morgan fingerprint density at radius 1 is 1.36 bits per heavy atom. The topological polar surface area (TPSA) is 68.6 Å². The smallest absolute Gasteiger partial charge is 0.147 e. The lowest BCUT2D eigenvalue weighted by molar-refractivity contribution is 0.492. The second-order valence-corrected chi connectivity index (χ2v) is 6.98. The zero-order valence-corrected chi connectivity index (χ0v) is 14.7. The molecule has 0 saturated carbocycles. The summed E-state index contributed by atoms with van der Waals surface area (Å²) >= 11 is 6.34. The molecule has 1 N–H and O–H groups in total. The van der Waals surface area contributed by atoms with E-state index < -0.39 is 0 Å². The Labute approximate surface area is 151 Å². The molecule has 0 aliphatic carbocycles. The van der Waals surface area contributed by atoms with Crippen LogP contribution in [0.15, 0.2) is 30.5 Å². The second-order valence-electron chi connectivity index (χ2n) is 6.57. The van der Waals surface area contributed by atoms with Gasteiger partial charge in [-0.05, 0) is 43.5 Å². The van der Waals surface area contributed by atoms with Crippen molar-refractivity contribution in [1.29, 1.82) is 5.26 Å². The molecule has 1 unspecified atom stereocenters. The van der Waals surface area contributed by atoms with Gasteiger partial charge in [0.25, 0.3) is 0 Å². The van der Waals surface area contributed by atoms with Crippen LogP contribution < -0.4 is 4.90 Å². The fourth-order valence-electron chi connectivity index (χ4n) is 3.45. The molecule has 1 atom stereocenters. The number of aromatic nitrogens is 3. The van der Waals surface area contributed by atoms with Crippen LogP contribution in [-0.2, 0) is 0 Å². The molecule has 0 radical (unpaired) electrons. The molecular weight excluding hydrogens is 334 g/mol. The van der Waals surface area contributed by atoms with Crippen LogP contribution in [0.4, 0.5) is 5.82 Å². The van der Waals surface area contributed by atoms with Crippen LogP contribution in [0, 0.1) is 18.3 Å². The Balaban J connectivity index is 1.61. The molecule has 6 heteroatoms. The van der Waals surface area contributed by atoms with E-state index in [0.717, 1.165) is 48.6 Å². The first-order valence-corrected chi connectivity index (χ1v) is 8.78. The van der Waals surface area contributed by atoms with E-state index >= 15 is 0 Å². The van der Waals surface area contributed by atoms with Gasteiger partial charge in [-0.25, -0.2) is 9.97 Å². The molecule has 0 bridgehead atoms. The second kappa shape index (κ2) is 6.38. The zero-order valence-electron chi connectivity index (χ0n) is 14.0. The Morgan fingerprint density at radius 3 is 3.04 bits per heavy atom. The van der Waals surface area contributed by atoms with E-state index in [2.05, 4.69) is 46.1 Å². The van der Waals surface area contributed by atoms with Crippen molar-refractivity contribution in [2.24, 2.45) is 0 Å². The number of aromatic amines is 1. The maximum atomic E-state index is 8.97. The van der Waals surface area contributed by atoms with Gasteiger partial charge in [0.2, 0.25) is 0 Å². The van der Waals surface area contributed by atoms with Crippen LogP contribution in [0.25, 0.3) is 11.0 Å². The van der Waals surface area contributed by atoms with E-state index in [1.165, 1.54) is 5.56 Å². The number of fused-ring (bicyclic) bond motifs is 1. The number of aryl methyl sites for hydroxylation is 1. The van der Waals surface area contributed by atoms with Gasteiger partial charge in [-0.3, -0.25) is 0 Å². The van der Waals surface area contributed by atoms with Crippen LogP contribution >= 0.6 is 11.6 Å². The highest BCUT2D eigenvalue weighted by atomic mass is 35.5. The van der Waals surface area contributed by atoms with Crippen molar-refractivity contribution in [3.8, 4) is 6.07 Å². The molecule has 3 aromatic rings. The van der Waals surface area contributed by atoms with Gasteiger partial charge < -0.3 is 9.88 Å². The van der Waals surface area contributed by atoms with Crippen LogP contribution in [-0.4, -0.2) is 28.0 Å². The van der Waals surface area contributed by atoms with Gasteiger partial charge in [0.1, 0.15) is 17.7 Å². The Kier molecular flexibility index (Phi) is 4.06. The summed E-state index contributed by atoms with van der Waals surface area (Å²) < 4.78 is 0. The first-order chi connectivity index (χ1) is 12.1. The Morgan fingerprint density at radius 2 is 2.24 bits per heavy atom. The lowest BCUT2D eigenvalue weighted by atomic mass is 9.97. The molecule has 0 spiro atoms. The van der Waals surface area contributed by atoms with Crippen LogP contribution in [0.1, 0.15) is 35.7 Å². The molecule has 0 amide bonds. The number of hydrogen-bond donors (Lipinski definition) is 1. The van der Waals surface area contributed by atoms with Gasteiger partial charge in [-0.1, -0.05) is 17.7 Å². The summed E-state index contributed by atoms with van der Waals surface area (Å²) in [5.74, 6) is 2.09. The number of imidazole rings is 1. The van der Waals surface area contributed by atoms with Crippen molar-refractivity contribution < 1.29 is 0 Å². The van der Waals surface area contributed by atoms with Crippen LogP contribution in [0.2, 0.25) is 5.02 Å². The first-order valence-electron chi connectivity index (χ1n) is 8.41. The van der Waals surface area contributed by atoms with Gasteiger partial charge >= 0.3 is 0 Å². The third-order valence-electron chi connectivity index (χ3n) is 4.71. The number of piperidine rings is 1. The van der Waals surface area contributed by atoms with Gasteiger partial charge in [-0.15, -0.1) is 0 Å². The number of anilines is 1. The fourth-order valence-corrected chi connectivity index (χ4v) is 3.74. The monoisotopic (exact) mass is 351 g/mol. The fraction of sp³-hybridized carbons (Fsp3) is 0.316.